The highest BCUT2D eigenvalue weighted by atomic mass is 16.5. The van der Waals surface area contributed by atoms with Gasteiger partial charge in [0.1, 0.15) is 16.9 Å². The minimum absolute atomic E-state index is 0.0288. The van der Waals surface area contributed by atoms with E-state index < -0.39 is 11.4 Å². The molecule has 2 aromatic carbocycles. The number of hydrogen-bond acceptors (Lipinski definition) is 5. The fraction of sp³-hybridized carbons (Fsp3) is 0.136. The van der Waals surface area contributed by atoms with Crippen LogP contribution in [0.1, 0.15) is 15.9 Å². The standard InChI is InChI=1S/C22H19NO5/c1-23(2)21(25)14-27-17-8-5-6-15(12-17)10-11-19(24)18-13-16-7-3-4-9-20(16)28-22(18)26/h3-13H,14H2,1-2H3/b11-10+. The van der Waals surface area contributed by atoms with Crippen LogP contribution in [0.3, 0.4) is 0 Å². The molecular weight excluding hydrogens is 358 g/mol. The van der Waals surface area contributed by atoms with Crippen molar-refractivity contribution in [3.63, 3.8) is 0 Å². The number of likely N-dealkylation sites (N-methyl/N-ethyl adjacent to an activating group) is 1. The van der Waals surface area contributed by atoms with Crippen LogP contribution < -0.4 is 10.4 Å². The maximum Gasteiger partial charge on any atom is 0.347 e. The van der Waals surface area contributed by atoms with Crippen LogP contribution in [0.4, 0.5) is 0 Å². The zero-order chi connectivity index (χ0) is 20.1. The number of allylic oxidation sites excluding steroid dienone is 1. The van der Waals surface area contributed by atoms with Crippen LogP contribution in [0.15, 0.2) is 69.9 Å². The Morgan fingerprint density at radius 1 is 1.07 bits per heavy atom. The summed E-state index contributed by atoms with van der Waals surface area (Å²) in [7, 11) is 3.31. The molecule has 3 rings (SSSR count). The molecule has 0 fully saturated rings. The summed E-state index contributed by atoms with van der Waals surface area (Å²) >= 11 is 0. The molecule has 0 atom stereocenters. The van der Waals surface area contributed by atoms with Crippen LogP contribution in [-0.4, -0.2) is 37.3 Å². The lowest BCUT2D eigenvalue weighted by Crippen LogP contribution is -2.27. The van der Waals surface area contributed by atoms with Gasteiger partial charge in [-0.05, 0) is 35.9 Å². The van der Waals surface area contributed by atoms with E-state index in [0.717, 1.165) is 0 Å². The van der Waals surface area contributed by atoms with E-state index in [-0.39, 0.29) is 18.1 Å². The van der Waals surface area contributed by atoms with Crippen LogP contribution in [0.25, 0.3) is 17.0 Å². The number of hydrogen-bond donors (Lipinski definition) is 0. The summed E-state index contributed by atoms with van der Waals surface area (Å²) in [4.78, 5) is 37.5. The largest absolute Gasteiger partial charge is 0.484 e. The van der Waals surface area contributed by atoms with E-state index in [1.54, 1.807) is 68.7 Å². The number of ether oxygens (including phenoxy) is 1. The van der Waals surface area contributed by atoms with Crippen molar-refractivity contribution < 1.29 is 18.7 Å². The second-order valence-electron chi connectivity index (χ2n) is 6.33. The number of para-hydroxylation sites is 1. The first-order valence-electron chi connectivity index (χ1n) is 8.62. The second-order valence-corrected chi connectivity index (χ2v) is 6.33. The molecule has 0 N–H and O–H groups in total. The Morgan fingerprint density at radius 2 is 1.86 bits per heavy atom. The van der Waals surface area contributed by atoms with Crippen LogP contribution >= 0.6 is 0 Å². The van der Waals surface area contributed by atoms with Gasteiger partial charge >= 0.3 is 5.63 Å². The number of fused-ring (bicyclic) bond motifs is 1. The van der Waals surface area contributed by atoms with E-state index in [1.165, 1.54) is 17.0 Å². The minimum Gasteiger partial charge on any atom is -0.484 e. The predicted molar refractivity (Wildman–Crippen MR) is 106 cm³/mol. The van der Waals surface area contributed by atoms with Gasteiger partial charge in [-0.25, -0.2) is 4.79 Å². The van der Waals surface area contributed by atoms with Crippen LogP contribution in [-0.2, 0) is 4.79 Å². The van der Waals surface area contributed by atoms with E-state index in [1.807, 2.05) is 0 Å². The molecule has 0 aliphatic carbocycles. The van der Waals surface area contributed by atoms with Gasteiger partial charge < -0.3 is 14.1 Å². The zero-order valence-corrected chi connectivity index (χ0v) is 15.5. The molecule has 0 saturated carbocycles. The van der Waals surface area contributed by atoms with Gasteiger partial charge in [-0.2, -0.15) is 0 Å². The number of ketones is 1. The lowest BCUT2D eigenvalue weighted by molar-refractivity contribution is -0.130. The minimum atomic E-state index is -0.673. The molecule has 28 heavy (non-hydrogen) atoms. The zero-order valence-electron chi connectivity index (χ0n) is 15.5. The summed E-state index contributed by atoms with van der Waals surface area (Å²) in [5.74, 6) is -0.0946. The Balaban J connectivity index is 1.76. The lowest BCUT2D eigenvalue weighted by atomic mass is 10.1. The van der Waals surface area contributed by atoms with Crippen molar-refractivity contribution in [2.24, 2.45) is 0 Å². The maximum atomic E-state index is 12.4. The summed E-state index contributed by atoms with van der Waals surface area (Å²) in [5.41, 5.74) is 0.435. The van der Waals surface area contributed by atoms with Crippen LogP contribution in [0, 0.1) is 0 Å². The van der Waals surface area contributed by atoms with Crippen LogP contribution in [0.5, 0.6) is 5.75 Å². The molecule has 3 aromatic rings. The van der Waals surface area contributed by atoms with E-state index in [9.17, 15) is 14.4 Å². The SMILES string of the molecule is CN(C)C(=O)COc1cccc(/C=C/C(=O)c2cc3ccccc3oc2=O)c1. The third-order valence-corrected chi connectivity index (χ3v) is 4.05. The first kappa shape index (κ1) is 19.1. The summed E-state index contributed by atoms with van der Waals surface area (Å²) < 4.78 is 10.6. The highest BCUT2D eigenvalue weighted by Gasteiger charge is 2.11. The highest BCUT2D eigenvalue weighted by Crippen LogP contribution is 2.16. The lowest BCUT2D eigenvalue weighted by Gasteiger charge is -2.11. The van der Waals surface area contributed by atoms with Gasteiger partial charge in [0.25, 0.3) is 5.91 Å². The summed E-state index contributed by atoms with van der Waals surface area (Å²) in [6.45, 7) is -0.0722. The molecule has 0 aliphatic rings. The monoisotopic (exact) mass is 377 g/mol. The Labute approximate surface area is 161 Å². The Hall–Kier alpha value is -3.67. The highest BCUT2D eigenvalue weighted by molar-refractivity contribution is 6.07. The number of amides is 1. The third kappa shape index (κ3) is 4.54. The number of rotatable bonds is 6. The molecule has 142 valence electrons. The molecule has 1 amide bonds. The Kier molecular flexibility index (Phi) is 5.69. The van der Waals surface area contributed by atoms with E-state index in [2.05, 4.69) is 0 Å². The van der Waals surface area contributed by atoms with Gasteiger partial charge in [0.2, 0.25) is 0 Å². The molecule has 0 saturated heterocycles. The molecule has 0 unspecified atom stereocenters. The number of carbonyl (C=O) groups is 2. The Morgan fingerprint density at radius 3 is 2.64 bits per heavy atom. The van der Waals surface area contributed by atoms with E-state index in [0.29, 0.717) is 22.3 Å². The summed E-state index contributed by atoms with van der Waals surface area (Å²) in [6.07, 6.45) is 2.89. The van der Waals surface area contributed by atoms with E-state index >= 15 is 0 Å². The molecule has 0 spiro atoms. The smallest absolute Gasteiger partial charge is 0.347 e. The topological polar surface area (TPSA) is 76.8 Å². The van der Waals surface area contributed by atoms with Crippen molar-refractivity contribution in [3.05, 3.63) is 82.2 Å². The van der Waals surface area contributed by atoms with Crippen molar-refractivity contribution >= 4 is 28.7 Å². The van der Waals surface area contributed by atoms with Gasteiger partial charge in [0, 0.05) is 19.5 Å². The van der Waals surface area contributed by atoms with Crippen molar-refractivity contribution in [2.75, 3.05) is 20.7 Å². The van der Waals surface area contributed by atoms with Crippen molar-refractivity contribution in [2.45, 2.75) is 0 Å². The maximum absolute atomic E-state index is 12.4. The molecule has 1 heterocycles. The first-order chi connectivity index (χ1) is 13.4. The fourth-order valence-corrected chi connectivity index (χ4v) is 2.48. The number of carbonyl (C=O) groups excluding carboxylic acids is 2. The molecule has 0 bridgehead atoms. The summed E-state index contributed by atoms with van der Waals surface area (Å²) in [6, 6.07) is 15.5. The molecule has 0 aliphatic heterocycles. The van der Waals surface area contributed by atoms with Gasteiger partial charge in [0.05, 0.1) is 0 Å². The second kappa shape index (κ2) is 8.35. The van der Waals surface area contributed by atoms with E-state index in [4.69, 9.17) is 9.15 Å². The van der Waals surface area contributed by atoms with Gasteiger partial charge in [-0.1, -0.05) is 36.4 Å². The van der Waals surface area contributed by atoms with Crippen molar-refractivity contribution in [3.8, 4) is 5.75 Å². The predicted octanol–water partition coefficient (Wildman–Crippen LogP) is 3.16. The van der Waals surface area contributed by atoms with Crippen molar-refractivity contribution in [1.82, 2.24) is 4.90 Å². The number of nitrogens with zero attached hydrogens (tertiary/aromatic N) is 1. The van der Waals surface area contributed by atoms with Crippen LogP contribution in [0.2, 0.25) is 0 Å². The quantitative estimate of drug-likeness (QED) is 0.375. The molecule has 0 radical (unpaired) electrons. The molecule has 6 nitrogen and oxygen atoms in total. The average Bonchev–Trinajstić information content (AvgIpc) is 2.70. The normalized spacial score (nSPS) is 10.9. The third-order valence-electron chi connectivity index (χ3n) is 4.05. The van der Waals surface area contributed by atoms with Crippen molar-refractivity contribution in [1.29, 1.82) is 0 Å². The number of benzene rings is 2. The summed E-state index contributed by atoms with van der Waals surface area (Å²) in [5, 5.41) is 0.680. The van der Waals surface area contributed by atoms with Gasteiger partial charge in [-0.3, -0.25) is 9.59 Å². The first-order valence-corrected chi connectivity index (χ1v) is 8.62. The molecule has 1 aromatic heterocycles. The van der Waals surface area contributed by atoms with Gasteiger partial charge in [0.15, 0.2) is 12.4 Å². The molecule has 6 heteroatoms. The van der Waals surface area contributed by atoms with Gasteiger partial charge in [-0.15, -0.1) is 0 Å². The fourth-order valence-electron chi connectivity index (χ4n) is 2.48. The molecular formula is C22H19NO5. The Bertz CT molecular complexity index is 1110. The average molecular weight is 377 g/mol.